The molecule has 0 saturated heterocycles. The predicted molar refractivity (Wildman–Crippen MR) is 48.5 cm³/mol. The Morgan fingerprint density at radius 1 is 1.75 bits per heavy atom. The normalized spacial score (nSPS) is 28.1. The number of hydrogen-bond acceptors (Lipinski definition) is 4. The van der Waals surface area contributed by atoms with Crippen LogP contribution in [0.2, 0.25) is 0 Å². The maximum absolute atomic E-state index is 5.73. The van der Waals surface area contributed by atoms with Crippen LogP contribution < -0.4 is 11.1 Å². The number of hydrogen-bond donors (Lipinski definition) is 2. The Bertz CT molecular complexity index is 212. The van der Waals surface area contributed by atoms with Crippen LogP contribution in [0.5, 0.6) is 0 Å². The van der Waals surface area contributed by atoms with E-state index < -0.39 is 5.97 Å². The molecule has 0 amide bonds. The molecule has 1 aliphatic rings. The van der Waals surface area contributed by atoms with E-state index in [0.29, 0.717) is 6.61 Å². The summed E-state index contributed by atoms with van der Waals surface area (Å²) in [6.45, 7) is 4.57. The lowest BCUT2D eigenvalue weighted by Crippen LogP contribution is -2.53. The van der Waals surface area contributed by atoms with Crippen LogP contribution in [0.25, 0.3) is 0 Å². The minimum absolute atomic E-state index is 0.605. The highest BCUT2D eigenvalue weighted by molar-refractivity contribution is 5.78. The first kappa shape index (κ1) is 9.22. The number of allylic oxidation sites excluding steroid dienone is 1. The first-order valence-electron chi connectivity index (χ1n) is 4.09. The Morgan fingerprint density at radius 3 is 3.00 bits per heavy atom. The van der Waals surface area contributed by atoms with Gasteiger partial charge in [0, 0.05) is 12.4 Å². The summed E-state index contributed by atoms with van der Waals surface area (Å²) in [6.07, 6.45) is 4.42. The standard InChI is InChI=1S/C8H15N3O/c1-3-4-12-8(9)10-5-7(2)6-11-8/h5-6,10H,3-4,9H2,1-2H3. The van der Waals surface area contributed by atoms with Gasteiger partial charge >= 0.3 is 0 Å². The third kappa shape index (κ3) is 2.32. The first-order chi connectivity index (χ1) is 5.66. The highest BCUT2D eigenvalue weighted by Gasteiger charge is 2.23. The molecule has 0 radical (unpaired) electrons. The van der Waals surface area contributed by atoms with Gasteiger partial charge < -0.3 is 10.1 Å². The summed E-state index contributed by atoms with van der Waals surface area (Å²) < 4.78 is 5.29. The monoisotopic (exact) mass is 169 g/mol. The molecular weight excluding hydrogens is 154 g/mol. The SMILES string of the molecule is CCCOC1(N)N=CC(C)=CN1. The van der Waals surface area contributed by atoms with Gasteiger partial charge in [-0.3, -0.25) is 5.73 Å². The molecule has 4 nitrogen and oxygen atoms in total. The van der Waals surface area contributed by atoms with Crippen molar-refractivity contribution in [3.8, 4) is 0 Å². The smallest absolute Gasteiger partial charge is 0.297 e. The molecule has 3 N–H and O–H groups in total. The molecule has 0 aromatic rings. The molecular formula is C8H15N3O. The Balaban J connectivity index is 2.47. The average Bonchev–Trinajstić information content (AvgIpc) is 2.08. The van der Waals surface area contributed by atoms with E-state index >= 15 is 0 Å². The molecule has 0 spiro atoms. The van der Waals surface area contributed by atoms with Gasteiger partial charge in [-0.05, 0) is 18.9 Å². The number of aliphatic imine (C=N–C) groups is 1. The lowest BCUT2D eigenvalue weighted by molar-refractivity contribution is -0.0509. The number of nitrogens with zero attached hydrogens (tertiary/aromatic N) is 1. The number of ether oxygens (including phenoxy) is 1. The Hall–Kier alpha value is -0.870. The van der Waals surface area contributed by atoms with E-state index in [1.165, 1.54) is 0 Å². The van der Waals surface area contributed by atoms with Crippen molar-refractivity contribution in [2.75, 3.05) is 6.61 Å². The predicted octanol–water partition coefficient (Wildman–Crippen LogP) is 0.561. The molecule has 0 saturated carbocycles. The molecule has 0 aliphatic carbocycles. The van der Waals surface area contributed by atoms with Gasteiger partial charge in [0.1, 0.15) is 0 Å². The second kappa shape index (κ2) is 3.69. The van der Waals surface area contributed by atoms with Gasteiger partial charge in [-0.15, -0.1) is 0 Å². The fourth-order valence-electron chi connectivity index (χ4n) is 0.826. The van der Waals surface area contributed by atoms with Crippen molar-refractivity contribution in [2.45, 2.75) is 26.2 Å². The molecule has 0 aromatic carbocycles. The Labute approximate surface area is 72.5 Å². The molecule has 1 heterocycles. The zero-order chi connectivity index (χ0) is 9.03. The van der Waals surface area contributed by atoms with Crippen molar-refractivity contribution >= 4 is 6.21 Å². The zero-order valence-electron chi connectivity index (χ0n) is 7.50. The van der Waals surface area contributed by atoms with E-state index in [1.807, 2.05) is 13.8 Å². The summed E-state index contributed by atoms with van der Waals surface area (Å²) in [6, 6.07) is 0. The minimum atomic E-state index is -1.05. The Kier molecular flexibility index (Phi) is 2.83. The van der Waals surface area contributed by atoms with Crippen LogP contribution in [0.4, 0.5) is 0 Å². The topological polar surface area (TPSA) is 59.6 Å². The van der Waals surface area contributed by atoms with Crippen molar-refractivity contribution in [2.24, 2.45) is 10.7 Å². The van der Waals surface area contributed by atoms with E-state index in [0.717, 1.165) is 12.0 Å². The van der Waals surface area contributed by atoms with Crippen LogP contribution in [0.3, 0.4) is 0 Å². The maximum atomic E-state index is 5.73. The highest BCUT2D eigenvalue weighted by Crippen LogP contribution is 2.06. The summed E-state index contributed by atoms with van der Waals surface area (Å²) >= 11 is 0. The maximum Gasteiger partial charge on any atom is 0.297 e. The zero-order valence-corrected chi connectivity index (χ0v) is 7.50. The van der Waals surface area contributed by atoms with Crippen molar-refractivity contribution in [3.63, 3.8) is 0 Å². The van der Waals surface area contributed by atoms with Crippen molar-refractivity contribution in [1.82, 2.24) is 5.32 Å². The van der Waals surface area contributed by atoms with Gasteiger partial charge in [0.2, 0.25) is 0 Å². The van der Waals surface area contributed by atoms with Gasteiger partial charge in [0.15, 0.2) is 0 Å². The number of rotatable bonds is 3. The Morgan fingerprint density at radius 2 is 2.50 bits per heavy atom. The van der Waals surface area contributed by atoms with Gasteiger partial charge in [-0.1, -0.05) is 6.92 Å². The van der Waals surface area contributed by atoms with Crippen LogP contribution in [0.1, 0.15) is 20.3 Å². The quantitative estimate of drug-likeness (QED) is 0.607. The fraction of sp³-hybridized carbons (Fsp3) is 0.625. The lowest BCUT2D eigenvalue weighted by Gasteiger charge is -2.27. The molecule has 1 aliphatic heterocycles. The average molecular weight is 169 g/mol. The van der Waals surface area contributed by atoms with Gasteiger partial charge in [0.05, 0.1) is 6.61 Å². The summed E-state index contributed by atoms with van der Waals surface area (Å²) in [5.41, 5.74) is 6.77. The van der Waals surface area contributed by atoms with E-state index in [-0.39, 0.29) is 0 Å². The van der Waals surface area contributed by atoms with Crippen LogP contribution in [0.15, 0.2) is 16.8 Å². The molecule has 68 valence electrons. The highest BCUT2D eigenvalue weighted by atomic mass is 16.5. The first-order valence-corrected chi connectivity index (χ1v) is 4.09. The fourth-order valence-corrected chi connectivity index (χ4v) is 0.826. The van der Waals surface area contributed by atoms with E-state index in [2.05, 4.69) is 10.3 Å². The van der Waals surface area contributed by atoms with Gasteiger partial charge in [-0.2, -0.15) is 0 Å². The summed E-state index contributed by atoms with van der Waals surface area (Å²) in [4.78, 5) is 4.03. The molecule has 0 bridgehead atoms. The van der Waals surface area contributed by atoms with E-state index in [9.17, 15) is 0 Å². The third-order valence-electron chi connectivity index (χ3n) is 1.49. The second-order valence-corrected chi connectivity index (χ2v) is 2.84. The molecule has 0 fully saturated rings. The van der Waals surface area contributed by atoms with E-state index in [4.69, 9.17) is 10.5 Å². The van der Waals surface area contributed by atoms with Gasteiger partial charge in [0.25, 0.3) is 5.97 Å². The number of nitrogens with one attached hydrogen (secondary N) is 1. The third-order valence-corrected chi connectivity index (χ3v) is 1.49. The molecule has 0 aromatic heterocycles. The number of nitrogens with two attached hydrogens (primary N) is 1. The molecule has 4 heteroatoms. The minimum Gasteiger partial charge on any atom is -0.332 e. The van der Waals surface area contributed by atoms with Crippen LogP contribution in [0, 0.1) is 0 Å². The molecule has 12 heavy (non-hydrogen) atoms. The molecule has 1 atom stereocenters. The summed E-state index contributed by atoms with van der Waals surface area (Å²) in [5.74, 6) is -1.05. The molecule has 1 rings (SSSR count). The van der Waals surface area contributed by atoms with Crippen LogP contribution in [-0.4, -0.2) is 18.8 Å². The summed E-state index contributed by atoms with van der Waals surface area (Å²) in [5, 5.41) is 2.88. The molecule has 1 unspecified atom stereocenters. The van der Waals surface area contributed by atoms with Crippen molar-refractivity contribution < 1.29 is 4.74 Å². The van der Waals surface area contributed by atoms with Crippen molar-refractivity contribution in [3.05, 3.63) is 11.8 Å². The summed E-state index contributed by atoms with van der Waals surface area (Å²) in [7, 11) is 0. The van der Waals surface area contributed by atoms with Crippen LogP contribution in [-0.2, 0) is 4.74 Å². The van der Waals surface area contributed by atoms with E-state index in [1.54, 1.807) is 12.4 Å². The second-order valence-electron chi connectivity index (χ2n) is 2.84. The lowest BCUT2D eigenvalue weighted by atomic mass is 10.3. The largest absolute Gasteiger partial charge is 0.332 e. The van der Waals surface area contributed by atoms with Gasteiger partial charge in [-0.25, -0.2) is 4.99 Å². The van der Waals surface area contributed by atoms with Crippen molar-refractivity contribution in [1.29, 1.82) is 0 Å². The van der Waals surface area contributed by atoms with Crippen LogP contribution >= 0.6 is 0 Å².